The first-order chi connectivity index (χ1) is 9.58. The van der Waals surface area contributed by atoms with Gasteiger partial charge in [0.2, 0.25) is 0 Å². The van der Waals surface area contributed by atoms with Crippen LogP contribution in [-0.2, 0) is 0 Å². The molecule has 0 aliphatic heterocycles. The Hall–Kier alpha value is -1.26. The molecule has 4 N–H and O–H groups in total. The molecule has 0 radical (unpaired) electrons. The maximum Gasteiger partial charge on any atom is 0.391 e. The molecular weight excluding hydrogens is 302 g/mol. The zero-order valence-corrected chi connectivity index (χ0v) is 11.9. The summed E-state index contributed by atoms with van der Waals surface area (Å²) in [5.74, 6) is 0.528. The fourth-order valence-corrected chi connectivity index (χ4v) is 2.38. The number of hydrogen-bond donors (Lipinski definition) is 4. The molecule has 0 fully saturated rings. The lowest BCUT2D eigenvalue weighted by molar-refractivity contribution is 0.372. The summed E-state index contributed by atoms with van der Waals surface area (Å²) in [6.45, 7) is 0. The minimum absolute atomic E-state index is 0.264. The van der Waals surface area contributed by atoms with Crippen LogP contribution in [0.15, 0.2) is 48.5 Å². The molecule has 0 amide bonds. The molecule has 0 unspecified atom stereocenters. The predicted octanol–water partition coefficient (Wildman–Crippen LogP) is 2.53. The number of para-hydroxylation sites is 2. The Labute approximate surface area is 117 Å². The number of rotatable bonds is 5. The van der Waals surface area contributed by atoms with Crippen molar-refractivity contribution in [1.82, 2.24) is 0 Å². The van der Waals surface area contributed by atoms with Gasteiger partial charge < -0.3 is 28.6 Å². The van der Waals surface area contributed by atoms with Crippen molar-refractivity contribution in [2.24, 2.45) is 0 Å². The molecular formula is C12H12O6P2. The zero-order chi connectivity index (χ0) is 14.5. The average Bonchev–Trinajstić information content (AvgIpc) is 2.39. The molecule has 2 aromatic carbocycles. The van der Waals surface area contributed by atoms with E-state index in [4.69, 9.17) is 28.6 Å². The Morgan fingerprint density at radius 1 is 0.600 bits per heavy atom. The highest BCUT2D eigenvalue weighted by atomic mass is 31.2. The van der Waals surface area contributed by atoms with Gasteiger partial charge in [-0.2, -0.15) is 0 Å². The molecule has 0 aliphatic rings. The molecule has 0 bridgehead atoms. The van der Waals surface area contributed by atoms with E-state index in [1.165, 1.54) is 0 Å². The van der Waals surface area contributed by atoms with Gasteiger partial charge in [0.25, 0.3) is 0 Å². The Balaban J connectivity index is 2.46. The second kappa shape index (κ2) is 6.95. The second-order valence-corrected chi connectivity index (χ2v) is 5.06. The first kappa shape index (κ1) is 15.1. The third-order valence-corrected chi connectivity index (χ3v) is 3.14. The quantitative estimate of drug-likeness (QED) is 0.633. The first-order valence-electron chi connectivity index (χ1n) is 5.48. The van der Waals surface area contributed by atoms with E-state index in [9.17, 15) is 0 Å². The average molecular weight is 314 g/mol. The van der Waals surface area contributed by atoms with Crippen molar-refractivity contribution >= 4 is 17.2 Å². The largest absolute Gasteiger partial charge is 0.426 e. The minimum Gasteiger partial charge on any atom is -0.426 e. The molecule has 2 aromatic rings. The van der Waals surface area contributed by atoms with Crippen LogP contribution in [0, 0.1) is 0 Å². The van der Waals surface area contributed by atoms with Gasteiger partial charge in [-0.3, -0.25) is 0 Å². The third-order valence-electron chi connectivity index (χ3n) is 2.42. The predicted molar refractivity (Wildman–Crippen MR) is 75.8 cm³/mol. The van der Waals surface area contributed by atoms with Gasteiger partial charge in [-0.15, -0.1) is 0 Å². The maximum atomic E-state index is 8.98. The van der Waals surface area contributed by atoms with Crippen LogP contribution in [0.4, 0.5) is 0 Å². The Kier molecular flexibility index (Phi) is 5.26. The SMILES string of the molecule is OP(O)Oc1ccccc1-c1ccccc1OP(O)O. The normalized spacial score (nSPS) is 10.9. The first-order valence-corrected chi connectivity index (χ1v) is 7.81. The van der Waals surface area contributed by atoms with Gasteiger partial charge in [-0.05, 0) is 12.1 Å². The van der Waals surface area contributed by atoms with Crippen molar-refractivity contribution in [3.8, 4) is 22.6 Å². The third kappa shape index (κ3) is 3.87. The topological polar surface area (TPSA) is 99.4 Å². The van der Waals surface area contributed by atoms with Crippen molar-refractivity contribution < 1.29 is 28.6 Å². The summed E-state index contributed by atoms with van der Waals surface area (Å²) in [6, 6.07) is 13.4. The van der Waals surface area contributed by atoms with Crippen LogP contribution in [-0.4, -0.2) is 19.6 Å². The molecule has 0 aromatic heterocycles. The highest BCUT2D eigenvalue weighted by Gasteiger charge is 2.15. The van der Waals surface area contributed by atoms with Crippen LogP contribution in [0.1, 0.15) is 0 Å². The van der Waals surface area contributed by atoms with Crippen LogP contribution in [0.2, 0.25) is 0 Å². The Bertz CT molecular complexity index is 524. The Morgan fingerprint density at radius 3 is 1.30 bits per heavy atom. The monoisotopic (exact) mass is 314 g/mol. The summed E-state index contributed by atoms with van der Waals surface area (Å²) in [5, 5.41) is 0. The molecule has 8 heteroatoms. The maximum absolute atomic E-state index is 8.98. The minimum atomic E-state index is -2.55. The van der Waals surface area contributed by atoms with Gasteiger partial charge in [0.05, 0.1) is 0 Å². The number of benzene rings is 2. The zero-order valence-electron chi connectivity index (χ0n) is 10.1. The molecule has 106 valence electrons. The van der Waals surface area contributed by atoms with Crippen molar-refractivity contribution in [1.29, 1.82) is 0 Å². The molecule has 0 saturated heterocycles. The fourth-order valence-electron chi connectivity index (χ4n) is 1.71. The standard InChI is InChI=1S/C12H12O6P2/c13-19(14)17-11-7-3-1-5-9(11)10-6-2-4-8-12(10)18-20(15)16/h1-8,13-16H. The van der Waals surface area contributed by atoms with Crippen LogP contribution in [0.3, 0.4) is 0 Å². The molecule has 20 heavy (non-hydrogen) atoms. The lowest BCUT2D eigenvalue weighted by Crippen LogP contribution is -1.92. The van der Waals surface area contributed by atoms with Crippen LogP contribution < -0.4 is 9.05 Å². The number of hydrogen-bond acceptors (Lipinski definition) is 6. The Morgan fingerprint density at radius 2 is 0.950 bits per heavy atom. The van der Waals surface area contributed by atoms with E-state index in [1.807, 2.05) is 0 Å². The molecule has 0 aliphatic carbocycles. The molecule has 0 spiro atoms. The van der Waals surface area contributed by atoms with Gasteiger partial charge in [-0.1, -0.05) is 36.4 Å². The van der Waals surface area contributed by atoms with Crippen molar-refractivity contribution in [2.45, 2.75) is 0 Å². The van der Waals surface area contributed by atoms with Gasteiger partial charge in [0, 0.05) is 11.1 Å². The summed E-state index contributed by atoms with van der Waals surface area (Å²) in [4.78, 5) is 35.9. The molecule has 0 saturated carbocycles. The van der Waals surface area contributed by atoms with Crippen molar-refractivity contribution in [2.75, 3.05) is 0 Å². The van der Waals surface area contributed by atoms with Gasteiger partial charge in [-0.25, -0.2) is 0 Å². The van der Waals surface area contributed by atoms with E-state index < -0.39 is 17.2 Å². The van der Waals surface area contributed by atoms with E-state index >= 15 is 0 Å². The van der Waals surface area contributed by atoms with E-state index in [2.05, 4.69) is 0 Å². The summed E-state index contributed by atoms with van der Waals surface area (Å²) >= 11 is 0. The van der Waals surface area contributed by atoms with Crippen LogP contribution in [0.25, 0.3) is 11.1 Å². The van der Waals surface area contributed by atoms with E-state index in [-0.39, 0.29) is 11.5 Å². The van der Waals surface area contributed by atoms with E-state index in [0.717, 1.165) is 0 Å². The van der Waals surface area contributed by atoms with Crippen molar-refractivity contribution in [3.05, 3.63) is 48.5 Å². The summed E-state index contributed by atoms with van der Waals surface area (Å²) < 4.78 is 9.92. The van der Waals surface area contributed by atoms with Crippen molar-refractivity contribution in [3.63, 3.8) is 0 Å². The lowest BCUT2D eigenvalue weighted by atomic mass is 10.0. The molecule has 2 rings (SSSR count). The molecule has 6 nitrogen and oxygen atoms in total. The van der Waals surface area contributed by atoms with Gasteiger partial charge in [0.1, 0.15) is 11.5 Å². The smallest absolute Gasteiger partial charge is 0.391 e. The van der Waals surface area contributed by atoms with Gasteiger partial charge in [0.15, 0.2) is 0 Å². The molecule has 0 atom stereocenters. The van der Waals surface area contributed by atoms with Crippen LogP contribution in [0.5, 0.6) is 11.5 Å². The highest BCUT2D eigenvalue weighted by Crippen LogP contribution is 2.42. The highest BCUT2D eigenvalue weighted by molar-refractivity contribution is 7.40. The van der Waals surface area contributed by atoms with Gasteiger partial charge >= 0.3 is 17.2 Å². The fraction of sp³-hybridized carbons (Fsp3) is 0. The molecule has 0 heterocycles. The van der Waals surface area contributed by atoms with E-state index in [0.29, 0.717) is 11.1 Å². The van der Waals surface area contributed by atoms with E-state index in [1.54, 1.807) is 48.5 Å². The lowest BCUT2D eigenvalue weighted by Gasteiger charge is -2.14. The summed E-state index contributed by atoms with van der Waals surface area (Å²) in [5.41, 5.74) is 1.10. The van der Waals surface area contributed by atoms with Crippen LogP contribution >= 0.6 is 17.2 Å². The summed E-state index contributed by atoms with van der Waals surface area (Å²) in [7, 11) is -5.09. The second-order valence-electron chi connectivity index (χ2n) is 3.68. The summed E-state index contributed by atoms with van der Waals surface area (Å²) in [6.07, 6.45) is 0.